The van der Waals surface area contributed by atoms with Crippen LogP contribution in [0.1, 0.15) is 0 Å². The van der Waals surface area contributed by atoms with E-state index < -0.39 is 9.85 Å². The van der Waals surface area contributed by atoms with Crippen molar-refractivity contribution >= 4 is 33.1 Å². The Balaban J connectivity index is 2.07. The van der Waals surface area contributed by atoms with Crippen molar-refractivity contribution in [2.75, 3.05) is 0 Å². The SMILES string of the molecule is O=[N+]([O-])c1ccc2nc(-c3ccc([N+](=O)[O-])s3)oc2c1. The highest BCUT2D eigenvalue weighted by Crippen LogP contribution is 2.34. The fourth-order valence-corrected chi connectivity index (χ4v) is 2.42. The smallest absolute Gasteiger partial charge is 0.324 e. The summed E-state index contributed by atoms with van der Waals surface area (Å²) in [5, 5.41) is 21.3. The topological polar surface area (TPSA) is 112 Å². The van der Waals surface area contributed by atoms with E-state index in [0.717, 1.165) is 11.3 Å². The zero-order valence-corrected chi connectivity index (χ0v) is 10.5. The quantitative estimate of drug-likeness (QED) is 0.540. The summed E-state index contributed by atoms with van der Waals surface area (Å²) >= 11 is 0.931. The lowest BCUT2D eigenvalue weighted by atomic mass is 10.3. The number of hydrogen-bond acceptors (Lipinski definition) is 7. The van der Waals surface area contributed by atoms with Gasteiger partial charge in [0, 0.05) is 12.1 Å². The molecule has 0 saturated carbocycles. The largest absolute Gasteiger partial charge is 0.435 e. The van der Waals surface area contributed by atoms with Gasteiger partial charge in [0.15, 0.2) is 5.58 Å². The summed E-state index contributed by atoms with van der Waals surface area (Å²) in [6, 6.07) is 6.96. The molecule has 0 aliphatic heterocycles. The maximum absolute atomic E-state index is 10.7. The van der Waals surface area contributed by atoms with E-state index >= 15 is 0 Å². The fourth-order valence-electron chi connectivity index (χ4n) is 1.67. The summed E-state index contributed by atoms with van der Waals surface area (Å²) in [4.78, 5) is 24.9. The molecule has 0 spiro atoms. The van der Waals surface area contributed by atoms with Gasteiger partial charge in [0.05, 0.1) is 20.8 Å². The predicted octanol–water partition coefficient (Wildman–Crippen LogP) is 3.37. The summed E-state index contributed by atoms with van der Waals surface area (Å²) in [5.41, 5.74) is 0.629. The minimum absolute atomic E-state index is 0.0202. The maximum Gasteiger partial charge on any atom is 0.324 e. The van der Waals surface area contributed by atoms with Crippen LogP contribution < -0.4 is 0 Å². The molecule has 9 heteroatoms. The molecule has 0 unspecified atom stereocenters. The van der Waals surface area contributed by atoms with Gasteiger partial charge in [-0.05, 0) is 12.1 Å². The number of nitro groups is 2. The summed E-state index contributed by atoms with van der Waals surface area (Å²) in [6.45, 7) is 0. The molecule has 2 aromatic heterocycles. The van der Waals surface area contributed by atoms with Crippen LogP contribution >= 0.6 is 11.3 Å². The summed E-state index contributed by atoms with van der Waals surface area (Å²) in [7, 11) is 0. The molecule has 2 heterocycles. The Morgan fingerprint density at radius 2 is 1.90 bits per heavy atom. The number of benzene rings is 1. The van der Waals surface area contributed by atoms with E-state index in [1.165, 1.54) is 30.3 Å². The Morgan fingerprint density at radius 3 is 2.55 bits per heavy atom. The van der Waals surface area contributed by atoms with Gasteiger partial charge in [0.25, 0.3) is 5.69 Å². The van der Waals surface area contributed by atoms with Crippen LogP contribution in [0.15, 0.2) is 34.7 Å². The Morgan fingerprint density at radius 1 is 1.10 bits per heavy atom. The first-order valence-electron chi connectivity index (χ1n) is 5.34. The molecule has 1 aromatic carbocycles. The van der Waals surface area contributed by atoms with E-state index in [2.05, 4.69) is 4.98 Å². The molecule has 0 radical (unpaired) electrons. The summed E-state index contributed by atoms with van der Waals surface area (Å²) in [5.74, 6) is 0.207. The lowest BCUT2D eigenvalue weighted by molar-refractivity contribution is -0.384. The second-order valence-electron chi connectivity index (χ2n) is 3.82. The van der Waals surface area contributed by atoms with Crippen molar-refractivity contribution in [3.63, 3.8) is 0 Å². The van der Waals surface area contributed by atoms with Crippen molar-refractivity contribution in [3.8, 4) is 10.8 Å². The van der Waals surface area contributed by atoms with Gasteiger partial charge in [-0.3, -0.25) is 20.2 Å². The molecular formula is C11H5N3O5S. The van der Waals surface area contributed by atoms with Crippen LogP contribution in [0.5, 0.6) is 0 Å². The minimum Gasteiger partial charge on any atom is -0.435 e. The van der Waals surface area contributed by atoms with E-state index in [9.17, 15) is 20.2 Å². The second-order valence-corrected chi connectivity index (χ2v) is 4.89. The molecule has 0 saturated heterocycles. The monoisotopic (exact) mass is 291 g/mol. The highest BCUT2D eigenvalue weighted by Gasteiger charge is 2.17. The fraction of sp³-hybridized carbons (Fsp3) is 0. The van der Waals surface area contributed by atoms with Gasteiger partial charge in [-0.1, -0.05) is 11.3 Å². The predicted molar refractivity (Wildman–Crippen MR) is 70.6 cm³/mol. The molecule has 0 atom stereocenters. The van der Waals surface area contributed by atoms with Crippen LogP contribution in [0.3, 0.4) is 0 Å². The zero-order valence-electron chi connectivity index (χ0n) is 9.68. The molecule has 8 nitrogen and oxygen atoms in total. The Bertz CT molecular complexity index is 838. The first-order valence-corrected chi connectivity index (χ1v) is 6.16. The van der Waals surface area contributed by atoms with Crippen LogP contribution in [-0.4, -0.2) is 14.8 Å². The van der Waals surface area contributed by atoms with E-state index in [0.29, 0.717) is 10.4 Å². The number of non-ortho nitro benzene ring substituents is 1. The Labute approximate surface area is 114 Å². The normalized spacial score (nSPS) is 10.8. The van der Waals surface area contributed by atoms with Crippen molar-refractivity contribution in [1.29, 1.82) is 0 Å². The number of hydrogen-bond donors (Lipinski definition) is 0. The first-order chi connectivity index (χ1) is 9.54. The Hall–Kier alpha value is -2.81. The van der Waals surface area contributed by atoms with Crippen LogP contribution in [-0.2, 0) is 0 Å². The third-order valence-corrected chi connectivity index (χ3v) is 3.59. The number of thiophene rings is 1. The molecule has 3 rings (SSSR count). The zero-order chi connectivity index (χ0) is 14.3. The van der Waals surface area contributed by atoms with Gasteiger partial charge >= 0.3 is 5.00 Å². The van der Waals surface area contributed by atoms with E-state index in [-0.39, 0.29) is 22.2 Å². The molecule has 20 heavy (non-hydrogen) atoms. The van der Waals surface area contributed by atoms with Crippen LogP contribution in [0.2, 0.25) is 0 Å². The van der Waals surface area contributed by atoms with Crippen molar-refractivity contribution in [2.45, 2.75) is 0 Å². The van der Waals surface area contributed by atoms with Gasteiger partial charge in [0.2, 0.25) is 5.89 Å². The van der Waals surface area contributed by atoms with Gasteiger partial charge < -0.3 is 4.42 Å². The van der Waals surface area contributed by atoms with Crippen LogP contribution in [0.4, 0.5) is 10.7 Å². The standard InChI is InChI=1S/C11H5N3O5S/c15-13(16)6-1-2-7-8(5-6)19-11(12-7)9-3-4-10(20-9)14(17)18/h1-5H. The molecule has 100 valence electrons. The summed E-state index contributed by atoms with van der Waals surface area (Å²) in [6.07, 6.45) is 0. The third kappa shape index (κ3) is 1.99. The van der Waals surface area contributed by atoms with Gasteiger partial charge in [-0.25, -0.2) is 4.98 Å². The number of fused-ring (bicyclic) bond motifs is 1. The number of nitrogens with zero attached hydrogens (tertiary/aromatic N) is 3. The minimum atomic E-state index is -0.530. The molecule has 0 bridgehead atoms. The third-order valence-electron chi connectivity index (χ3n) is 2.57. The number of rotatable bonds is 3. The van der Waals surface area contributed by atoms with Gasteiger partial charge in [0.1, 0.15) is 5.52 Å². The molecular weight excluding hydrogens is 286 g/mol. The number of nitro benzene ring substituents is 1. The van der Waals surface area contributed by atoms with Crippen molar-refractivity contribution < 1.29 is 14.3 Å². The van der Waals surface area contributed by atoms with E-state index in [4.69, 9.17) is 4.42 Å². The van der Waals surface area contributed by atoms with Crippen molar-refractivity contribution in [1.82, 2.24) is 4.98 Å². The molecule has 0 N–H and O–H groups in total. The summed E-state index contributed by atoms with van der Waals surface area (Å²) < 4.78 is 5.41. The van der Waals surface area contributed by atoms with Gasteiger partial charge in [-0.2, -0.15) is 0 Å². The first kappa shape index (κ1) is 12.2. The number of aromatic nitrogens is 1. The van der Waals surface area contributed by atoms with Crippen molar-refractivity contribution in [2.24, 2.45) is 0 Å². The molecule has 0 amide bonds. The molecule has 0 fully saturated rings. The highest BCUT2D eigenvalue weighted by molar-refractivity contribution is 7.18. The molecule has 0 aliphatic carbocycles. The van der Waals surface area contributed by atoms with Gasteiger partial charge in [-0.15, -0.1) is 0 Å². The van der Waals surface area contributed by atoms with Crippen molar-refractivity contribution in [3.05, 3.63) is 50.6 Å². The average Bonchev–Trinajstić information content (AvgIpc) is 3.04. The highest BCUT2D eigenvalue weighted by atomic mass is 32.1. The number of oxazole rings is 1. The van der Waals surface area contributed by atoms with Crippen LogP contribution in [0.25, 0.3) is 21.9 Å². The van der Waals surface area contributed by atoms with Crippen LogP contribution in [0, 0.1) is 20.2 Å². The maximum atomic E-state index is 10.7. The Kier molecular flexibility index (Phi) is 2.68. The second kappa shape index (κ2) is 4.38. The average molecular weight is 291 g/mol. The van der Waals surface area contributed by atoms with E-state index in [1.807, 2.05) is 0 Å². The molecule has 3 aromatic rings. The lowest BCUT2D eigenvalue weighted by Crippen LogP contribution is -1.86. The van der Waals surface area contributed by atoms with E-state index in [1.54, 1.807) is 0 Å². The lowest BCUT2D eigenvalue weighted by Gasteiger charge is -1.88. The molecule has 0 aliphatic rings.